The zero-order chi connectivity index (χ0) is 25.7. The molecule has 184 valence electrons. The highest BCUT2D eigenvalue weighted by molar-refractivity contribution is 5.91. The number of hydrogen-bond acceptors (Lipinski definition) is 3. The fourth-order valence-corrected chi connectivity index (χ4v) is 3.92. The predicted molar refractivity (Wildman–Crippen MR) is 134 cm³/mol. The van der Waals surface area contributed by atoms with Crippen molar-refractivity contribution >= 4 is 5.97 Å². The molecular formula is C30H25F3O3. The van der Waals surface area contributed by atoms with Crippen LogP contribution in [0.25, 0.3) is 22.3 Å². The fourth-order valence-electron chi connectivity index (χ4n) is 3.92. The molecule has 0 fully saturated rings. The van der Waals surface area contributed by atoms with E-state index in [4.69, 9.17) is 9.47 Å². The summed E-state index contributed by atoms with van der Waals surface area (Å²) in [6.45, 7) is 4.22. The Balaban J connectivity index is 1.51. The first kappa shape index (κ1) is 25.0. The number of halogens is 3. The number of esters is 1. The molecule has 0 saturated heterocycles. The first-order valence-corrected chi connectivity index (χ1v) is 11.7. The van der Waals surface area contributed by atoms with Crippen LogP contribution >= 0.6 is 0 Å². The van der Waals surface area contributed by atoms with E-state index in [1.54, 1.807) is 25.1 Å². The molecule has 0 saturated carbocycles. The molecule has 3 nitrogen and oxygen atoms in total. The van der Waals surface area contributed by atoms with Gasteiger partial charge in [0.1, 0.15) is 17.3 Å². The van der Waals surface area contributed by atoms with Crippen LogP contribution in [-0.4, -0.2) is 12.6 Å². The van der Waals surface area contributed by atoms with Gasteiger partial charge in [-0.2, -0.15) is 0 Å². The van der Waals surface area contributed by atoms with Gasteiger partial charge in [-0.15, -0.1) is 0 Å². The van der Waals surface area contributed by atoms with Crippen LogP contribution in [0.1, 0.15) is 36.2 Å². The molecule has 0 aliphatic heterocycles. The summed E-state index contributed by atoms with van der Waals surface area (Å²) in [4.78, 5) is 12.4. The molecule has 6 heteroatoms. The molecule has 0 aliphatic rings. The van der Waals surface area contributed by atoms with Crippen LogP contribution in [0.4, 0.5) is 13.2 Å². The number of benzene rings is 4. The number of hydrogen-bond donors (Lipinski definition) is 0. The molecule has 4 aromatic carbocycles. The largest absolute Gasteiger partial charge is 0.494 e. The lowest BCUT2D eigenvalue weighted by atomic mass is 9.97. The van der Waals surface area contributed by atoms with Crippen LogP contribution in [0, 0.1) is 17.5 Å². The van der Waals surface area contributed by atoms with Gasteiger partial charge in [0.2, 0.25) is 0 Å². The van der Waals surface area contributed by atoms with Crippen molar-refractivity contribution in [2.45, 2.75) is 26.7 Å². The lowest BCUT2D eigenvalue weighted by molar-refractivity contribution is 0.0730. The third-order valence-corrected chi connectivity index (χ3v) is 5.73. The van der Waals surface area contributed by atoms with Gasteiger partial charge in [0, 0.05) is 17.2 Å². The Bertz CT molecular complexity index is 1360. The van der Waals surface area contributed by atoms with E-state index < -0.39 is 23.4 Å². The van der Waals surface area contributed by atoms with Crippen molar-refractivity contribution < 1.29 is 27.4 Å². The van der Waals surface area contributed by atoms with E-state index in [-0.39, 0.29) is 22.4 Å². The smallest absolute Gasteiger partial charge is 0.346 e. The Morgan fingerprint density at radius 2 is 1.28 bits per heavy atom. The van der Waals surface area contributed by atoms with Gasteiger partial charge < -0.3 is 9.47 Å². The lowest BCUT2D eigenvalue weighted by Gasteiger charge is -2.11. The van der Waals surface area contributed by atoms with Crippen molar-refractivity contribution in [1.82, 2.24) is 0 Å². The number of rotatable bonds is 8. The molecule has 0 radical (unpaired) electrons. The SMILES string of the molecule is CCCc1ccc(-c2ccc(-c3ccc(OC(=O)c4ccc(OCC)cc4F)cc3)c(F)c2F)cc1. The molecule has 0 N–H and O–H groups in total. The maximum Gasteiger partial charge on any atom is 0.346 e. The summed E-state index contributed by atoms with van der Waals surface area (Å²) >= 11 is 0. The van der Waals surface area contributed by atoms with Gasteiger partial charge in [0.05, 0.1) is 12.2 Å². The first-order chi connectivity index (χ1) is 17.4. The summed E-state index contributed by atoms with van der Waals surface area (Å²) in [7, 11) is 0. The average Bonchev–Trinajstić information content (AvgIpc) is 2.87. The second-order valence-corrected chi connectivity index (χ2v) is 8.22. The van der Waals surface area contributed by atoms with Crippen LogP contribution in [0.2, 0.25) is 0 Å². The van der Waals surface area contributed by atoms with E-state index >= 15 is 0 Å². The Morgan fingerprint density at radius 3 is 1.81 bits per heavy atom. The number of carbonyl (C=O) groups excluding carboxylic acids is 1. The quantitative estimate of drug-likeness (QED) is 0.185. The first-order valence-electron chi connectivity index (χ1n) is 11.7. The fraction of sp³-hybridized carbons (Fsp3) is 0.167. The molecule has 0 amide bonds. The minimum Gasteiger partial charge on any atom is -0.494 e. The highest BCUT2D eigenvalue weighted by Crippen LogP contribution is 2.32. The number of ether oxygens (including phenoxy) is 2. The molecule has 0 aliphatic carbocycles. The molecule has 4 aromatic rings. The normalized spacial score (nSPS) is 10.8. The summed E-state index contributed by atoms with van der Waals surface area (Å²) in [5.74, 6) is -3.09. The third kappa shape index (κ3) is 5.43. The molecular weight excluding hydrogens is 465 g/mol. The van der Waals surface area contributed by atoms with E-state index in [9.17, 15) is 18.0 Å². The summed E-state index contributed by atoms with van der Waals surface area (Å²) in [6.07, 6.45) is 1.93. The van der Waals surface area contributed by atoms with Gasteiger partial charge >= 0.3 is 5.97 Å². The lowest BCUT2D eigenvalue weighted by Crippen LogP contribution is -2.11. The van der Waals surface area contributed by atoms with Gasteiger partial charge in [-0.1, -0.05) is 61.9 Å². The van der Waals surface area contributed by atoms with Crippen molar-refractivity contribution in [1.29, 1.82) is 0 Å². The van der Waals surface area contributed by atoms with Gasteiger partial charge in [-0.3, -0.25) is 0 Å². The van der Waals surface area contributed by atoms with Crippen LogP contribution in [0.5, 0.6) is 11.5 Å². The maximum atomic E-state index is 15.0. The van der Waals surface area contributed by atoms with E-state index in [2.05, 4.69) is 6.92 Å². The second kappa shape index (κ2) is 11.1. The Morgan fingerprint density at radius 1 is 0.722 bits per heavy atom. The summed E-state index contributed by atoms with van der Waals surface area (Å²) in [6, 6.07) is 20.3. The standard InChI is InChI=1S/C30H25F3O3/c1-3-5-19-6-8-20(9-7-19)24-16-17-25(29(33)28(24)32)21-10-12-22(13-11-21)36-30(34)26-15-14-23(35-4-2)18-27(26)31/h6-18H,3-5H2,1-2H3. The zero-order valence-electron chi connectivity index (χ0n) is 20.0. The summed E-state index contributed by atoms with van der Waals surface area (Å²) < 4.78 is 54.6. The maximum absolute atomic E-state index is 15.0. The predicted octanol–water partition coefficient (Wildman–Crippen LogP) is 8.01. The highest BCUT2D eigenvalue weighted by Gasteiger charge is 2.18. The number of aryl methyl sites for hydroxylation is 1. The monoisotopic (exact) mass is 490 g/mol. The Labute approximate surface area is 208 Å². The molecule has 0 unspecified atom stereocenters. The molecule has 4 rings (SSSR count). The van der Waals surface area contributed by atoms with Crippen LogP contribution in [-0.2, 0) is 6.42 Å². The Kier molecular flexibility index (Phi) is 7.74. The van der Waals surface area contributed by atoms with Crippen molar-refractivity contribution in [3.05, 3.63) is 107 Å². The number of carbonyl (C=O) groups is 1. The molecule has 0 aromatic heterocycles. The minimum atomic E-state index is -0.966. The molecule has 0 atom stereocenters. The van der Waals surface area contributed by atoms with Crippen LogP contribution < -0.4 is 9.47 Å². The van der Waals surface area contributed by atoms with Crippen molar-refractivity contribution in [2.75, 3.05) is 6.61 Å². The molecule has 0 bridgehead atoms. The van der Waals surface area contributed by atoms with E-state index in [1.807, 2.05) is 12.1 Å². The molecule has 36 heavy (non-hydrogen) atoms. The minimum absolute atomic E-state index is 0.0780. The van der Waals surface area contributed by atoms with Gasteiger partial charge in [0.15, 0.2) is 11.6 Å². The van der Waals surface area contributed by atoms with E-state index in [0.29, 0.717) is 23.5 Å². The van der Waals surface area contributed by atoms with Crippen molar-refractivity contribution in [2.24, 2.45) is 0 Å². The second-order valence-electron chi connectivity index (χ2n) is 8.22. The topological polar surface area (TPSA) is 35.5 Å². The van der Waals surface area contributed by atoms with Gasteiger partial charge in [-0.05, 0) is 54.3 Å². The molecule has 0 heterocycles. The zero-order valence-corrected chi connectivity index (χ0v) is 20.0. The summed E-state index contributed by atoms with van der Waals surface area (Å²) in [5, 5.41) is 0. The van der Waals surface area contributed by atoms with Gasteiger partial charge in [0.25, 0.3) is 0 Å². The van der Waals surface area contributed by atoms with Crippen LogP contribution in [0.15, 0.2) is 78.9 Å². The highest BCUT2D eigenvalue weighted by atomic mass is 19.2. The third-order valence-electron chi connectivity index (χ3n) is 5.73. The molecule has 0 spiro atoms. The van der Waals surface area contributed by atoms with E-state index in [0.717, 1.165) is 24.5 Å². The van der Waals surface area contributed by atoms with Crippen molar-refractivity contribution in [3.63, 3.8) is 0 Å². The summed E-state index contributed by atoms with van der Waals surface area (Å²) in [5.41, 5.74) is 2.17. The van der Waals surface area contributed by atoms with Crippen LogP contribution in [0.3, 0.4) is 0 Å². The van der Waals surface area contributed by atoms with Gasteiger partial charge in [-0.25, -0.2) is 18.0 Å². The van der Waals surface area contributed by atoms with Crippen molar-refractivity contribution in [3.8, 4) is 33.8 Å². The van der Waals surface area contributed by atoms with E-state index in [1.165, 1.54) is 42.5 Å². The average molecular weight is 491 g/mol. The Hall–Kier alpha value is -4.06.